The van der Waals surface area contributed by atoms with E-state index in [1.807, 2.05) is 58.1 Å². The minimum Gasteiger partial charge on any atom is -0.495 e. The van der Waals surface area contributed by atoms with Gasteiger partial charge in [-0.3, -0.25) is 9.78 Å². The Bertz CT molecular complexity index is 1490. The number of aromatic nitrogens is 2. The molecule has 2 aromatic heterocycles. The van der Waals surface area contributed by atoms with Gasteiger partial charge in [0.1, 0.15) is 5.75 Å². The topological polar surface area (TPSA) is 109 Å². The van der Waals surface area contributed by atoms with Crippen LogP contribution >= 0.6 is 12.2 Å². The van der Waals surface area contributed by atoms with Crippen LogP contribution in [-0.2, 0) is 4.79 Å². The van der Waals surface area contributed by atoms with Crippen LogP contribution in [0.1, 0.15) is 40.3 Å². The zero-order valence-electron chi connectivity index (χ0n) is 21.2. The quantitative estimate of drug-likeness (QED) is 0.264. The van der Waals surface area contributed by atoms with Gasteiger partial charge < -0.3 is 29.9 Å². The minimum absolute atomic E-state index is 0.165. The van der Waals surface area contributed by atoms with Crippen LogP contribution in [0.3, 0.4) is 0 Å². The van der Waals surface area contributed by atoms with E-state index in [2.05, 4.69) is 15.6 Å². The van der Waals surface area contributed by atoms with E-state index >= 15 is 0 Å². The fraction of sp³-hybridized carbons (Fsp3) is 0.172. The molecule has 0 radical (unpaired) electrons. The first-order valence-electron chi connectivity index (χ1n) is 12.4. The van der Waals surface area contributed by atoms with Crippen LogP contribution in [0.2, 0.25) is 0 Å². The van der Waals surface area contributed by atoms with Gasteiger partial charge in [0.2, 0.25) is 5.91 Å². The molecular formula is C29H27N5O4S. The highest BCUT2D eigenvalue weighted by atomic mass is 32.1. The molecule has 2 atom stereocenters. The first-order chi connectivity index (χ1) is 19.0. The molecule has 1 fully saturated rings. The second-order valence-corrected chi connectivity index (χ2v) is 9.36. The number of methoxy groups -OCH3 is 1. The molecule has 3 heterocycles. The maximum absolute atomic E-state index is 12.9. The highest BCUT2D eigenvalue weighted by molar-refractivity contribution is 7.80. The molecule has 0 saturated carbocycles. The number of amides is 1. The van der Waals surface area contributed by atoms with Gasteiger partial charge >= 0.3 is 5.97 Å². The van der Waals surface area contributed by atoms with E-state index in [-0.39, 0.29) is 30.0 Å². The number of pyridine rings is 1. The van der Waals surface area contributed by atoms with Gasteiger partial charge in [0.15, 0.2) is 5.11 Å². The van der Waals surface area contributed by atoms with Crippen molar-refractivity contribution in [2.45, 2.75) is 18.5 Å². The summed E-state index contributed by atoms with van der Waals surface area (Å²) in [5, 5.41) is 16.2. The van der Waals surface area contributed by atoms with E-state index in [1.54, 1.807) is 49.7 Å². The summed E-state index contributed by atoms with van der Waals surface area (Å²) in [6.45, 7) is 0.365. The van der Waals surface area contributed by atoms with Crippen LogP contribution in [0.5, 0.6) is 5.75 Å². The molecule has 1 amide bonds. The van der Waals surface area contributed by atoms with E-state index in [9.17, 15) is 14.7 Å². The lowest BCUT2D eigenvalue weighted by atomic mass is 10.0. The molecule has 4 aromatic rings. The van der Waals surface area contributed by atoms with E-state index in [1.165, 1.54) is 0 Å². The number of anilines is 1. The van der Waals surface area contributed by atoms with Crippen molar-refractivity contribution in [1.82, 2.24) is 19.8 Å². The fourth-order valence-corrected chi connectivity index (χ4v) is 5.12. The van der Waals surface area contributed by atoms with Crippen molar-refractivity contribution in [3.05, 3.63) is 108 Å². The first-order valence-corrected chi connectivity index (χ1v) is 12.8. The van der Waals surface area contributed by atoms with E-state index in [4.69, 9.17) is 17.0 Å². The molecule has 2 aromatic carbocycles. The zero-order chi connectivity index (χ0) is 27.4. The molecule has 1 saturated heterocycles. The van der Waals surface area contributed by atoms with Crippen molar-refractivity contribution < 1.29 is 19.4 Å². The van der Waals surface area contributed by atoms with Gasteiger partial charge in [-0.15, -0.1) is 0 Å². The van der Waals surface area contributed by atoms with E-state index in [0.717, 1.165) is 17.1 Å². The van der Waals surface area contributed by atoms with E-state index in [0.29, 0.717) is 23.1 Å². The standard InChI is InChI=1S/C29H27N5O4S/c1-38-24-10-3-2-7-21(24)31-25(35)15-18-34-27(26(32-29(34)39)22-8-4-5-16-30-22)23-9-6-17-33(23)20-13-11-19(12-14-20)28(36)37/h2-14,16-17,26-27H,15,18H2,1H3,(H,31,35)(H,32,39)(H,36,37)/t26-,27-/m1/s1. The van der Waals surface area contributed by atoms with Crippen molar-refractivity contribution in [1.29, 1.82) is 0 Å². The monoisotopic (exact) mass is 541 g/mol. The second kappa shape index (κ2) is 11.4. The third kappa shape index (κ3) is 5.46. The summed E-state index contributed by atoms with van der Waals surface area (Å²) in [6, 6.07) is 23.1. The van der Waals surface area contributed by atoms with Crippen molar-refractivity contribution in [2.75, 3.05) is 19.0 Å². The third-order valence-corrected chi connectivity index (χ3v) is 6.99. The number of nitrogens with one attached hydrogen (secondary N) is 2. The molecular weight excluding hydrogens is 514 g/mol. The van der Waals surface area contributed by atoms with Gasteiger partial charge in [-0.05, 0) is 72.9 Å². The van der Waals surface area contributed by atoms with Gasteiger partial charge in [-0.25, -0.2) is 4.79 Å². The summed E-state index contributed by atoms with van der Waals surface area (Å²) in [6.07, 6.45) is 3.86. The number of carbonyl (C=O) groups excluding carboxylic acids is 1. The number of aromatic carboxylic acids is 1. The summed E-state index contributed by atoms with van der Waals surface area (Å²) in [7, 11) is 1.56. The molecule has 10 heteroatoms. The number of ether oxygens (including phenoxy) is 1. The Balaban J connectivity index is 1.44. The predicted octanol–water partition coefficient (Wildman–Crippen LogP) is 4.58. The molecule has 9 nitrogen and oxygen atoms in total. The number of carboxylic acids is 1. The maximum atomic E-state index is 12.9. The molecule has 0 unspecified atom stereocenters. The molecule has 0 aliphatic carbocycles. The predicted molar refractivity (Wildman–Crippen MR) is 151 cm³/mol. The lowest BCUT2D eigenvalue weighted by molar-refractivity contribution is -0.116. The first kappa shape index (κ1) is 25.9. The van der Waals surface area contributed by atoms with Crippen LogP contribution < -0.4 is 15.4 Å². The van der Waals surface area contributed by atoms with Gasteiger partial charge in [-0.1, -0.05) is 18.2 Å². The Labute approximate surface area is 231 Å². The highest BCUT2D eigenvalue weighted by Gasteiger charge is 2.41. The molecule has 3 N–H and O–H groups in total. The number of para-hydroxylation sites is 2. The number of hydrogen-bond donors (Lipinski definition) is 3. The summed E-state index contributed by atoms with van der Waals surface area (Å²) >= 11 is 5.76. The number of thiocarbonyl (C=S) groups is 1. The van der Waals surface area contributed by atoms with Crippen molar-refractivity contribution in [3.63, 3.8) is 0 Å². The van der Waals surface area contributed by atoms with Crippen molar-refractivity contribution in [3.8, 4) is 11.4 Å². The summed E-state index contributed by atoms with van der Waals surface area (Å²) in [4.78, 5) is 30.9. The van der Waals surface area contributed by atoms with Gasteiger partial charge in [0, 0.05) is 36.7 Å². The minimum atomic E-state index is -0.979. The lowest BCUT2D eigenvalue weighted by Crippen LogP contribution is -2.33. The Morgan fingerprint density at radius 3 is 2.54 bits per heavy atom. The summed E-state index contributed by atoms with van der Waals surface area (Å²) in [5.74, 6) is -0.557. The molecule has 198 valence electrons. The normalized spacial score (nSPS) is 16.5. The summed E-state index contributed by atoms with van der Waals surface area (Å²) in [5.41, 5.74) is 3.37. The zero-order valence-corrected chi connectivity index (χ0v) is 22.0. The Morgan fingerprint density at radius 1 is 1.05 bits per heavy atom. The summed E-state index contributed by atoms with van der Waals surface area (Å²) < 4.78 is 7.35. The maximum Gasteiger partial charge on any atom is 0.335 e. The number of carboxylic acid groups (broad SMARTS) is 1. The largest absolute Gasteiger partial charge is 0.495 e. The van der Waals surface area contributed by atoms with Gasteiger partial charge in [0.25, 0.3) is 0 Å². The van der Waals surface area contributed by atoms with Crippen LogP contribution in [0.25, 0.3) is 5.69 Å². The van der Waals surface area contributed by atoms with Crippen molar-refractivity contribution >= 4 is 34.9 Å². The molecule has 0 spiro atoms. The molecule has 0 bridgehead atoms. The highest BCUT2D eigenvalue weighted by Crippen LogP contribution is 2.39. The fourth-order valence-electron chi connectivity index (χ4n) is 4.79. The van der Waals surface area contributed by atoms with Crippen molar-refractivity contribution in [2.24, 2.45) is 0 Å². The molecule has 1 aliphatic rings. The number of rotatable bonds is 9. The number of nitrogens with zero attached hydrogens (tertiary/aromatic N) is 3. The number of benzene rings is 2. The smallest absolute Gasteiger partial charge is 0.335 e. The van der Waals surface area contributed by atoms with Gasteiger partial charge in [0.05, 0.1) is 36.1 Å². The van der Waals surface area contributed by atoms with E-state index < -0.39 is 5.97 Å². The Kier molecular flexibility index (Phi) is 7.55. The number of carbonyl (C=O) groups is 2. The second-order valence-electron chi connectivity index (χ2n) is 8.97. The number of hydrogen-bond acceptors (Lipinski definition) is 5. The Hall–Kier alpha value is -4.70. The third-order valence-electron chi connectivity index (χ3n) is 6.63. The van der Waals surface area contributed by atoms with Crippen LogP contribution in [-0.4, -0.2) is 50.2 Å². The van der Waals surface area contributed by atoms with Crippen LogP contribution in [0.4, 0.5) is 5.69 Å². The average molecular weight is 542 g/mol. The molecule has 5 rings (SSSR count). The average Bonchev–Trinajstić information content (AvgIpc) is 3.57. The SMILES string of the molecule is COc1ccccc1NC(=O)CCN1C(=S)N[C@H](c2ccccn2)[C@H]1c1cccn1-c1ccc(C(=O)O)cc1. The van der Waals surface area contributed by atoms with Crippen LogP contribution in [0, 0.1) is 0 Å². The van der Waals surface area contributed by atoms with Crippen LogP contribution in [0.15, 0.2) is 91.3 Å². The lowest BCUT2D eigenvalue weighted by Gasteiger charge is -2.29. The molecule has 1 aliphatic heterocycles. The Morgan fingerprint density at radius 2 is 1.82 bits per heavy atom. The molecule has 39 heavy (non-hydrogen) atoms. The van der Waals surface area contributed by atoms with Gasteiger partial charge in [-0.2, -0.15) is 0 Å².